The van der Waals surface area contributed by atoms with Gasteiger partial charge in [-0.2, -0.15) is 5.06 Å². The van der Waals surface area contributed by atoms with Crippen LogP contribution >= 0.6 is 12.2 Å². The number of hydroxylamine groups is 1. The quantitative estimate of drug-likeness (QED) is 0.561. The molecule has 0 aliphatic rings. The zero-order valence-corrected chi connectivity index (χ0v) is 16.4. The van der Waals surface area contributed by atoms with Gasteiger partial charge in [-0.25, -0.2) is 0 Å². The van der Waals surface area contributed by atoms with E-state index in [9.17, 15) is 5.21 Å². The van der Waals surface area contributed by atoms with E-state index in [0.717, 1.165) is 28.4 Å². The van der Waals surface area contributed by atoms with Gasteiger partial charge in [-0.05, 0) is 67.9 Å². The number of rotatable bonds is 7. The maximum absolute atomic E-state index is 10.3. The highest BCUT2D eigenvalue weighted by Crippen LogP contribution is 2.28. The Labute approximate surface area is 160 Å². The van der Waals surface area contributed by atoms with Crippen LogP contribution in [0, 0.1) is 6.92 Å². The molecule has 0 aliphatic heterocycles. The zero-order chi connectivity index (χ0) is 19.1. The van der Waals surface area contributed by atoms with Crippen molar-refractivity contribution in [3.8, 4) is 11.5 Å². The number of hydrogen-bond donors (Lipinski definition) is 1. The highest BCUT2D eigenvalue weighted by Gasteiger charge is 2.16. The zero-order valence-electron chi connectivity index (χ0n) is 15.6. The fourth-order valence-electron chi connectivity index (χ4n) is 2.57. The van der Waals surface area contributed by atoms with E-state index in [1.165, 1.54) is 12.7 Å². The molecule has 0 aliphatic carbocycles. The van der Waals surface area contributed by atoms with Crippen molar-refractivity contribution in [2.24, 2.45) is 0 Å². The van der Waals surface area contributed by atoms with Crippen LogP contribution in [0.15, 0.2) is 36.4 Å². The second kappa shape index (κ2) is 9.40. The monoisotopic (exact) mass is 375 g/mol. The van der Waals surface area contributed by atoms with Crippen molar-refractivity contribution in [1.82, 2.24) is 0 Å². The Morgan fingerprint density at radius 3 is 2.50 bits per heavy atom. The molecule has 0 aromatic heterocycles. The summed E-state index contributed by atoms with van der Waals surface area (Å²) in [4.78, 5) is 0. The summed E-state index contributed by atoms with van der Waals surface area (Å²) in [7, 11) is 1.41. The molecule has 0 saturated heterocycles. The fourth-order valence-corrected chi connectivity index (χ4v) is 2.67. The number of benzene rings is 2. The summed E-state index contributed by atoms with van der Waals surface area (Å²) in [5, 5.41) is 11.1. The number of hydrogen-bond acceptors (Lipinski definition) is 5. The van der Waals surface area contributed by atoms with Crippen molar-refractivity contribution in [2.45, 2.75) is 33.8 Å². The maximum Gasteiger partial charge on any atom is 0.288 e. The van der Waals surface area contributed by atoms with E-state index in [-0.39, 0.29) is 11.8 Å². The van der Waals surface area contributed by atoms with Crippen molar-refractivity contribution < 1.29 is 19.4 Å². The van der Waals surface area contributed by atoms with Crippen LogP contribution in [0.2, 0.25) is 0 Å². The van der Waals surface area contributed by atoms with E-state index in [0.29, 0.717) is 18.0 Å². The maximum atomic E-state index is 10.3. The summed E-state index contributed by atoms with van der Waals surface area (Å²) in [6, 6.07) is 11.5. The third-order valence-electron chi connectivity index (χ3n) is 3.97. The van der Waals surface area contributed by atoms with Crippen LogP contribution in [0.5, 0.6) is 11.5 Å². The van der Waals surface area contributed by atoms with E-state index in [1.54, 1.807) is 12.1 Å². The average molecular weight is 375 g/mol. The SMILES string of the molecule is CCOc1ccc(N(O)C(=S)OC)c(COc2ccc(CC)cc2C)c1. The summed E-state index contributed by atoms with van der Waals surface area (Å²) < 4.78 is 16.5. The Balaban J connectivity index is 2.27. The van der Waals surface area contributed by atoms with Crippen molar-refractivity contribution in [3.05, 3.63) is 53.1 Å². The number of aryl methyl sites for hydroxylation is 2. The van der Waals surface area contributed by atoms with Crippen molar-refractivity contribution in [3.63, 3.8) is 0 Å². The molecule has 0 spiro atoms. The van der Waals surface area contributed by atoms with Crippen LogP contribution in [-0.4, -0.2) is 24.1 Å². The molecule has 0 amide bonds. The molecule has 0 unspecified atom stereocenters. The number of anilines is 1. The Kier molecular flexibility index (Phi) is 7.24. The minimum absolute atomic E-state index is 0.0427. The molecule has 0 heterocycles. The van der Waals surface area contributed by atoms with E-state index in [1.807, 2.05) is 26.0 Å². The predicted octanol–water partition coefficient (Wildman–Crippen LogP) is 4.66. The summed E-state index contributed by atoms with van der Waals surface area (Å²) >= 11 is 5.01. The highest BCUT2D eigenvalue weighted by atomic mass is 32.1. The molecule has 0 saturated carbocycles. The normalized spacial score (nSPS) is 10.3. The topological polar surface area (TPSA) is 51.2 Å². The van der Waals surface area contributed by atoms with Crippen LogP contribution in [0.1, 0.15) is 30.5 Å². The van der Waals surface area contributed by atoms with Gasteiger partial charge in [0.1, 0.15) is 18.1 Å². The molecule has 2 rings (SSSR count). The van der Waals surface area contributed by atoms with Crippen LogP contribution < -0.4 is 14.5 Å². The van der Waals surface area contributed by atoms with Crippen molar-refractivity contribution >= 4 is 23.1 Å². The van der Waals surface area contributed by atoms with Gasteiger partial charge in [0.25, 0.3) is 5.17 Å². The third-order valence-corrected chi connectivity index (χ3v) is 4.31. The average Bonchev–Trinajstić information content (AvgIpc) is 2.66. The first kappa shape index (κ1) is 20.0. The number of methoxy groups -OCH3 is 1. The van der Waals surface area contributed by atoms with Gasteiger partial charge in [0.2, 0.25) is 0 Å². The molecule has 2 aromatic rings. The van der Waals surface area contributed by atoms with Crippen LogP contribution in [0.25, 0.3) is 0 Å². The smallest absolute Gasteiger partial charge is 0.288 e. The lowest BCUT2D eigenvalue weighted by Crippen LogP contribution is -2.27. The first-order valence-corrected chi connectivity index (χ1v) is 8.95. The first-order valence-electron chi connectivity index (χ1n) is 8.55. The minimum atomic E-state index is -0.0427. The minimum Gasteiger partial charge on any atom is -0.494 e. The Hall–Kier alpha value is -2.31. The van der Waals surface area contributed by atoms with Crippen LogP contribution in [-0.2, 0) is 17.8 Å². The molecule has 1 N–H and O–H groups in total. The van der Waals surface area contributed by atoms with Gasteiger partial charge in [-0.3, -0.25) is 5.21 Å². The van der Waals surface area contributed by atoms with Crippen molar-refractivity contribution in [1.29, 1.82) is 0 Å². The Bertz CT molecular complexity index is 763. The molecule has 6 heteroatoms. The van der Waals surface area contributed by atoms with Crippen molar-refractivity contribution in [2.75, 3.05) is 18.8 Å². The molecular weight excluding hydrogens is 350 g/mol. The molecule has 5 nitrogen and oxygen atoms in total. The van der Waals surface area contributed by atoms with Crippen LogP contribution in [0.4, 0.5) is 5.69 Å². The first-order chi connectivity index (χ1) is 12.5. The number of nitrogens with zero attached hydrogens (tertiary/aromatic N) is 1. The number of ether oxygens (including phenoxy) is 3. The molecule has 0 radical (unpaired) electrons. The lowest BCUT2D eigenvalue weighted by Gasteiger charge is -2.21. The van der Waals surface area contributed by atoms with Gasteiger partial charge >= 0.3 is 0 Å². The largest absolute Gasteiger partial charge is 0.494 e. The standard InChI is InChI=1S/C20H25NO4S/c1-5-15-7-10-19(14(3)11-15)25-13-16-12-17(24-6-2)8-9-18(16)21(22)20(26)23-4/h7-12,22H,5-6,13H2,1-4H3. The van der Waals surface area contributed by atoms with E-state index >= 15 is 0 Å². The Morgan fingerprint density at radius 2 is 1.88 bits per heavy atom. The molecule has 0 atom stereocenters. The van der Waals surface area contributed by atoms with E-state index < -0.39 is 0 Å². The summed E-state index contributed by atoms with van der Waals surface area (Å²) in [5.41, 5.74) is 3.56. The summed E-state index contributed by atoms with van der Waals surface area (Å²) in [6.07, 6.45) is 0.982. The van der Waals surface area contributed by atoms with Crippen LogP contribution in [0.3, 0.4) is 0 Å². The molecule has 140 valence electrons. The van der Waals surface area contributed by atoms with Gasteiger partial charge < -0.3 is 14.2 Å². The molecule has 2 aromatic carbocycles. The summed E-state index contributed by atoms with van der Waals surface area (Å²) in [5.74, 6) is 1.50. The molecule has 0 bridgehead atoms. The predicted molar refractivity (Wildman–Crippen MR) is 106 cm³/mol. The molecular formula is C20H25NO4S. The third kappa shape index (κ3) is 4.86. The summed E-state index contributed by atoms with van der Waals surface area (Å²) in [6.45, 7) is 6.86. The van der Waals surface area contributed by atoms with Gasteiger partial charge in [-0.1, -0.05) is 19.1 Å². The second-order valence-electron chi connectivity index (χ2n) is 5.75. The Morgan fingerprint density at radius 1 is 1.12 bits per heavy atom. The highest BCUT2D eigenvalue weighted by molar-refractivity contribution is 7.80. The van der Waals surface area contributed by atoms with E-state index in [2.05, 4.69) is 19.1 Å². The lowest BCUT2D eigenvalue weighted by atomic mass is 10.1. The van der Waals surface area contributed by atoms with Gasteiger partial charge in [-0.15, -0.1) is 0 Å². The van der Waals surface area contributed by atoms with Gasteiger partial charge in [0.15, 0.2) is 0 Å². The molecule has 26 heavy (non-hydrogen) atoms. The van der Waals surface area contributed by atoms with Gasteiger partial charge in [0.05, 0.1) is 19.4 Å². The number of thiocarbonyl (C=S) groups is 1. The van der Waals surface area contributed by atoms with E-state index in [4.69, 9.17) is 26.4 Å². The second-order valence-corrected chi connectivity index (χ2v) is 6.10. The van der Waals surface area contributed by atoms with Gasteiger partial charge in [0, 0.05) is 5.56 Å². The molecule has 0 fully saturated rings. The lowest BCUT2D eigenvalue weighted by molar-refractivity contribution is 0.263. The fraction of sp³-hybridized carbons (Fsp3) is 0.350.